The van der Waals surface area contributed by atoms with E-state index in [2.05, 4.69) is 16.5 Å². The highest BCUT2D eigenvalue weighted by atomic mass is 15.3. The molecule has 1 atom stereocenters. The van der Waals surface area contributed by atoms with Gasteiger partial charge in [-0.25, -0.2) is 0 Å². The quantitative estimate of drug-likeness (QED) is 0.793. The molecule has 0 saturated heterocycles. The third kappa shape index (κ3) is 4.13. The molecule has 82 valence electrons. The third-order valence-electron chi connectivity index (χ3n) is 2.11. The molecule has 0 bridgehead atoms. The van der Waals surface area contributed by atoms with Crippen molar-refractivity contribution < 1.29 is 0 Å². The highest BCUT2D eigenvalue weighted by Crippen LogP contribution is 1.98. The molecule has 0 aliphatic heterocycles. The summed E-state index contributed by atoms with van der Waals surface area (Å²) >= 11 is 0. The maximum atomic E-state index is 8.92. The van der Waals surface area contributed by atoms with E-state index in [1.54, 1.807) is 0 Å². The Morgan fingerprint density at radius 1 is 1.60 bits per heavy atom. The largest absolute Gasteiger partial charge is 0.300 e. The van der Waals surface area contributed by atoms with Gasteiger partial charge in [-0.3, -0.25) is 10.00 Å². The molecule has 0 aliphatic rings. The number of nitrogens with zero attached hydrogens (tertiary/aromatic N) is 3. The van der Waals surface area contributed by atoms with E-state index in [0.29, 0.717) is 6.04 Å². The summed E-state index contributed by atoms with van der Waals surface area (Å²) in [5.41, 5.74) is 1.01. The molecule has 1 rings (SSSR count). The molecule has 15 heavy (non-hydrogen) atoms. The SMILES string of the molecule is Cc1ccn(CCC(C#N)NC(C)C)n1. The summed E-state index contributed by atoms with van der Waals surface area (Å²) in [5.74, 6) is 0. The van der Waals surface area contributed by atoms with Crippen LogP contribution in [-0.4, -0.2) is 21.9 Å². The van der Waals surface area contributed by atoms with Crippen molar-refractivity contribution in [2.75, 3.05) is 0 Å². The van der Waals surface area contributed by atoms with Crippen molar-refractivity contribution in [1.82, 2.24) is 15.1 Å². The van der Waals surface area contributed by atoms with Crippen molar-refractivity contribution in [3.63, 3.8) is 0 Å². The van der Waals surface area contributed by atoms with E-state index in [1.807, 2.05) is 37.7 Å². The molecule has 4 heteroatoms. The summed E-state index contributed by atoms with van der Waals surface area (Å²) in [4.78, 5) is 0. The van der Waals surface area contributed by atoms with Crippen LogP contribution in [0.4, 0.5) is 0 Å². The number of nitriles is 1. The van der Waals surface area contributed by atoms with Gasteiger partial charge in [-0.1, -0.05) is 0 Å². The lowest BCUT2D eigenvalue weighted by molar-refractivity contribution is 0.461. The zero-order valence-corrected chi connectivity index (χ0v) is 9.57. The first kappa shape index (κ1) is 11.7. The summed E-state index contributed by atoms with van der Waals surface area (Å²) in [5, 5.41) is 16.4. The Kier molecular flexibility index (Phi) is 4.32. The lowest BCUT2D eigenvalue weighted by atomic mass is 10.2. The third-order valence-corrected chi connectivity index (χ3v) is 2.11. The minimum absolute atomic E-state index is 0.0884. The summed E-state index contributed by atoms with van der Waals surface area (Å²) in [6.45, 7) is 6.83. The van der Waals surface area contributed by atoms with Crippen LogP contribution >= 0.6 is 0 Å². The molecule has 0 fully saturated rings. The molecule has 1 aromatic heterocycles. The molecule has 1 N–H and O–H groups in total. The van der Waals surface area contributed by atoms with Crippen LogP contribution in [0.3, 0.4) is 0 Å². The number of rotatable bonds is 5. The second kappa shape index (κ2) is 5.52. The van der Waals surface area contributed by atoms with Crippen molar-refractivity contribution in [3.8, 4) is 6.07 Å². The van der Waals surface area contributed by atoms with E-state index in [1.165, 1.54) is 0 Å². The average Bonchev–Trinajstić information content (AvgIpc) is 2.58. The number of aromatic nitrogens is 2. The zero-order chi connectivity index (χ0) is 11.3. The van der Waals surface area contributed by atoms with Crippen molar-refractivity contribution in [1.29, 1.82) is 5.26 Å². The molecule has 1 aromatic rings. The highest BCUT2D eigenvalue weighted by Gasteiger charge is 2.08. The van der Waals surface area contributed by atoms with Crippen LogP contribution in [0.2, 0.25) is 0 Å². The Morgan fingerprint density at radius 3 is 2.80 bits per heavy atom. The number of hydrogen-bond donors (Lipinski definition) is 1. The Labute approximate surface area is 90.9 Å². The second-order valence-corrected chi connectivity index (χ2v) is 4.01. The molecule has 1 unspecified atom stereocenters. The predicted octanol–water partition coefficient (Wildman–Crippen LogP) is 1.47. The van der Waals surface area contributed by atoms with Gasteiger partial charge in [-0.2, -0.15) is 10.4 Å². The fourth-order valence-corrected chi connectivity index (χ4v) is 1.44. The molecule has 0 spiro atoms. The van der Waals surface area contributed by atoms with Gasteiger partial charge in [0.1, 0.15) is 0 Å². The van der Waals surface area contributed by atoms with Crippen LogP contribution in [0.1, 0.15) is 26.0 Å². The molecule has 0 saturated carbocycles. The molecule has 0 radical (unpaired) electrons. The van der Waals surface area contributed by atoms with Gasteiger partial charge in [0.2, 0.25) is 0 Å². The topological polar surface area (TPSA) is 53.6 Å². The van der Waals surface area contributed by atoms with Crippen LogP contribution in [0.15, 0.2) is 12.3 Å². The van der Waals surface area contributed by atoms with E-state index in [4.69, 9.17) is 5.26 Å². The first-order valence-electron chi connectivity index (χ1n) is 5.27. The highest BCUT2D eigenvalue weighted by molar-refractivity contribution is 4.95. The van der Waals surface area contributed by atoms with E-state index < -0.39 is 0 Å². The van der Waals surface area contributed by atoms with Gasteiger partial charge < -0.3 is 0 Å². The maximum Gasteiger partial charge on any atom is 0.0972 e. The average molecular weight is 206 g/mol. The van der Waals surface area contributed by atoms with Crippen LogP contribution in [-0.2, 0) is 6.54 Å². The summed E-state index contributed by atoms with van der Waals surface area (Å²) in [7, 11) is 0. The van der Waals surface area contributed by atoms with Gasteiger partial charge in [0.15, 0.2) is 0 Å². The predicted molar refractivity (Wildman–Crippen MR) is 59.3 cm³/mol. The first-order valence-corrected chi connectivity index (χ1v) is 5.27. The number of aryl methyl sites for hydroxylation is 2. The summed E-state index contributed by atoms with van der Waals surface area (Å²) in [6.07, 6.45) is 2.73. The Bertz CT molecular complexity index is 335. The van der Waals surface area contributed by atoms with Crippen LogP contribution in [0.5, 0.6) is 0 Å². The summed E-state index contributed by atoms with van der Waals surface area (Å²) < 4.78 is 1.88. The Hall–Kier alpha value is -1.34. The maximum absolute atomic E-state index is 8.92. The van der Waals surface area contributed by atoms with Crippen LogP contribution in [0.25, 0.3) is 0 Å². The fourth-order valence-electron chi connectivity index (χ4n) is 1.44. The minimum atomic E-state index is -0.0884. The van der Waals surface area contributed by atoms with Gasteiger partial charge in [-0.15, -0.1) is 0 Å². The summed E-state index contributed by atoms with van der Waals surface area (Å²) in [6, 6.07) is 4.48. The lowest BCUT2D eigenvalue weighted by Gasteiger charge is -2.14. The molecule has 0 aromatic carbocycles. The van der Waals surface area contributed by atoms with Crippen molar-refractivity contribution >= 4 is 0 Å². The molecular weight excluding hydrogens is 188 g/mol. The van der Waals surface area contributed by atoms with Gasteiger partial charge in [-0.05, 0) is 33.3 Å². The van der Waals surface area contributed by atoms with E-state index >= 15 is 0 Å². The van der Waals surface area contributed by atoms with Gasteiger partial charge in [0, 0.05) is 18.8 Å². The van der Waals surface area contributed by atoms with E-state index in [9.17, 15) is 0 Å². The monoisotopic (exact) mass is 206 g/mol. The minimum Gasteiger partial charge on any atom is -0.300 e. The van der Waals surface area contributed by atoms with E-state index in [-0.39, 0.29) is 6.04 Å². The molecule has 0 aliphatic carbocycles. The Morgan fingerprint density at radius 2 is 2.33 bits per heavy atom. The van der Waals surface area contributed by atoms with Gasteiger partial charge >= 0.3 is 0 Å². The normalized spacial score (nSPS) is 12.7. The van der Waals surface area contributed by atoms with Crippen molar-refractivity contribution in [2.45, 2.75) is 45.8 Å². The van der Waals surface area contributed by atoms with Crippen molar-refractivity contribution in [2.24, 2.45) is 0 Å². The fraction of sp³-hybridized carbons (Fsp3) is 0.636. The molecule has 0 amide bonds. The van der Waals surface area contributed by atoms with Gasteiger partial charge in [0.05, 0.1) is 17.8 Å². The van der Waals surface area contributed by atoms with Crippen LogP contribution < -0.4 is 5.32 Å². The first-order chi connectivity index (χ1) is 7.11. The van der Waals surface area contributed by atoms with E-state index in [0.717, 1.165) is 18.7 Å². The zero-order valence-electron chi connectivity index (χ0n) is 9.57. The molecular formula is C11H18N4. The van der Waals surface area contributed by atoms with Crippen LogP contribution in [0, 0.1) is 18.3 Å². The second-order valence-electron chi connectivity index (χ2n) is 4.01. The smallest absolute Gasteiger partial charge is 0.0972 e. The van der Waals surface area contributed by atoms with Gasteiger partial charge in [0.25, 0.3) is 0 Å². The molecule has 1 heterocycles. The Balaban J connectivity index is 2.38. The standard InChI is InChI=1S/C11H18N4/c1-9(2)13-11(8-12)5-7-15-6-4-10(3)14-15/h4,6,9,11,13H,5,7H2,1-3H3. The van der Waals surface area contributed by atoms with Crippen molar-refractivity contribution in [3.05, 3.63) is 18.0 Å². The number of nitrogens with one attached hydrogen (secondary N) is 1. The number of hydrogen-bond acceptors (Lipinski definition) is 3. The molecule has 4 nitrogen and oxygen atoms in total. The lowest BCUT2D eigenvalue weighted by Crippen LogP contribution is -2.34.